The molecule has 1 aromatic heterocycles. The molecule has 1 N–H and O–H groups in total. The number of aromatic nitrogens is 3. The van der Waals surface area contributed by atoms with E-state index in [1.54, 1.807) is 0 Å². The lowest BCUT2D eigenvalue weighted by atomic mass is 10.1. The number of anilines is 1. The Morgan fingerprint density at radius 1 is 1.13 bits per heavy atom. The number of carbonyl (C=O) groups is 1. The minimum absolute atomic E-state index is 0.0756. The summed E-state index contributed by atoms with van der Waals surface area (Å²) in [7, 11) is 1.89. The van der Waals surface area contributed by atoms with Crippen LogP contribution in [0.4, 0.5) is 5.69 Å². The first-order valence-corrected chi connectivity index (χ1v) is 11.0. The molecule has 0 saturated carbocycles. The van der Waals surface area contributed by atoms with Crippen LogP contribution >= 0.6 is 11.8 Å². The van der Waals surface area contributed by atoms with Gasteiger partial charge in [0.05, 0.1) is 5.75 Å². The number of nitrogens with zero attached hydrogens (tertiary/aromatic N) is 3. The van der Waals surface area contributed by atoms with E-state index >= 15 is 0 Å². The van der Waals surface area contributed by atoms with Gasteiger partial charge in [-0.15, -0.1) is 10.2 Å². The monoisotopic (exact) mass is 424 g/mol. The molecule has 3 aromatic rings. The van der Waals surface area contributed by atoms with E-state index in [0.717, 1.165) is 29.0 Å². The predicted octanol–water partition coefficient (Wildman–Crippen LogP) is 4.87. The summed E-state index contributed by atoms with van der Waals surface area (Å²) in [5.41, 5.74) is 4.35. The van der Waals surface area contributed by atoms with Crippen molar-refractivity contribution in [2.24, 2.45) is 7.05 Å². The maximum absolute atomic E-state index is 12.3. The molecule has 3 rings (SSSR count). The maximum Gasteiger partial charge on any atom is 0.234 e. The number of carbonyl (C=O) groups excluding carboxylic acids is 1. The number of benzene rings is 2. The zero-order valence-electron chi connectivity index (χ0n) is 18.1. The van der Waals surface area contributed by atoms with Crippen LogP contribution in [0, 0.1) is 13.8 Å². The van der Waals surface area contributed by atoms with Crippen molar-refractivity contribution in [2.45, 2.75) is 45.4 Å². The fourth-order valence-electron chi connectivity index (χ4n) is 3.21. The normalized spacial score (nSPS) is 11.9. The molecule has 2 aromatic carbocycles. The van der Waals surface area contributed by atoms with Gasteiger partial charge >= 0.3 is 0 Å². The second kappa shape index (κ2) is 9.80. The van der Waals surface area contributed by atoms with Crippen molar-refractivity contribution in [3.63, 3.8) is 0 Å². The van der Waals surface area contributed by atoms with E-state index in [9.17, 15) is 4.79 Å². The van der Waals surface area contributed by atoms with Crippen molar-refractivity contribution < 1.29 is 9.53 Å². The summed E-state index contributed by atoms with van der Waals surface area (Å²) in [6.45, 7) is 8.14. The van der Waals surface area contributed by atoms with Crippen LogP contribution in [-0.2, 0) is 18.3 Å². The Bertz CT molecular complexity index is 994. The third kappa shape index (κ3) is 5.63. The molecule has 1 unspecified atom stereocenters. The van der Waals surface area contributed by atoms with Gasteiger partial charge in [0.2, 0.25) is 5.91 Å². The summed E-state index contributed by atoms with van der Waals surface area (Å²) in [6, 6.07) is 14.0. The van der Waals surface area contributed by atoms with Crippen LogP contribution in [0.3, 0.4) is 0 Å². The van der Waals surface area contributed by atoms with Gasteiger partial charge in [-0.25, -0.2) is 0 Å². The molecule has 0 bridgehead atoms. The molecule has 0 spiro atoms. The second-order valence-electron chi connectivity index (χ2n) is 7.37. The van der Waals surface area contributed by atoms with E-state index in [2.05, 4.69) is 28.5 Å². The molecule has 158 valence electrons. The Balaban J connectivity index is 1.58. The summed E-state index contributed by atoms with van der Waals surface area (Å²) in [5.74, 6) is 1.71. The van der Waals surface area contributed by atoms with E-state index in [0.29, 0.717) is 11.0 Å². The number of rotatable bonds is 8. The van der Waals surface area contributed by atoms with Crippen molar-refractivity contribution >= 4 is 23.4 Å². The van der Waals surface area contributed by atoms with Gasteiger partial charge in [-0.05, 0) is 68.1 Å². The van der Waals surface area contributed by atoms with Gasteiger partial charge in [-0.2, -0.15) is 0 Å². The SMILES string of the molecule is CCc1ccc(NC(=O)CSc2nnc(C(C)Oc3cc(C)cc(C)c3)n2C)cc1. The number of thioether (sulfide) groups is 1. The molecule has 0 aliphatic carbocycles. The van der Waals surface area contributed by atoms with Gasteiger partial charge < -0.3 is 14.6 Å². The average molecular weight is 425 g/mol. The first-order valence-electron chi connectivity index (χ1n) is 10.0. The van der Waals surface area contributed by atoms with E-state index in [-0.39, 0.29) is 17.8 Å². The average Bonchev–Trinajstić information content (AvgIpc) is 3.06. The van der Waals surface area contributed by atoms with Crippen LogP contribution in [0.5, 0.6) is 5.75 Å². The molecular formula is C23H28N4O2S. The lowest BCUT2D eigenvalue weighted by Crippen LogP contribution is -2.15. The summed E-state index contributed by atoms with van der Waals surface area (Å²) in [5, 5.41) is 12.1. The molecule has 1 heterocycles. The lowest BCUT2D eigenvalue weighted by molar-refractivity contribution is -0.113. The molecule has 0 saturated heterocycles. The highest BCUT2D eigenvalue weighted by atomic mass is 32.2. The van der Waals surface area contributed by atoms with E-state index in [1.807, 2.05) is 68.8 Å². The van der Waals surface area contributed by atoms with E-state index in [1.165, 1.54) is 17.3 Å². The number of aryl methyl sites for hydroxylation is 3. The summed E-state index contributed by atoms with van der Waals surface area (Å²) < 4.78 is 7.94. The van der Waals surface area contributed by atoms with Crippen LogP contribution in [0.15, 0.2) is 47.6 Å². The molecule has 1 amide bonds. The number of nitrogens with one attached hydrogen (secondary N) is 1. The molecule has 0 aliphatic rings. The van der Waals surface area contributed by atoms with Crippen molar-refractivity contribution in [3.8, 4) is 5.75 Å². The summed E-state index contributed by atoms with van der Waals surface area (Å²) in [6.07, 6.45) is 0.716. The fraction of sp³-hybridized carbons (Fsp3) is 0.348. The number of ether oxygens (including phenoxy) is 1. The summed E-state index contributed by atoms with van der Waals surface area (Å²) in [4.78, 5) is 12.3. The van der Waals surface area contributed by atoms with E-state index < -0.39 is 0 Å². The molecule has 7 heteroatoms. The minimum atomic E-state index is -0.260. The van der Waals surface area contributed by atoms with Crippen molar-refractivity contribution in [1.29, 1.82) is 0 Å². The third-order valence-electron chi connectivity index (χ3n) is 4.72. The van der Waals surface area contributed by atoms with Gasteiger partial charge in [0.1, 0.15) is 5.75 Å². The lowest BCUT2D eigenvalue weighted by Gasteiger charge is -2.15. The predicted molar refractivity (Wildman–Crippen MR) is 121 cm³/mol. The van der Waals surface area contributed by atoms with Crippen LogP contribution < -0.4 is 10.1 Å². The number of hydrogen-bond donors (Lipinski definition) is 1. The Kier molecular flexibility index (Phi) is 7.15. The van der Waals surface area contributed by atoms with Crippen LogP contribution in [0.2, 0.25) is 0 Å². The van der Waals surface area contributed by atoms with Crippen molar-refractivity contribution in [1.82, 2.24) is 14.8 Å². The quantitative estimate of drug-likeness (QED) is 0.523. The molecule has 1 atom stereocenters. The van der Waals surface area contributed by atoms with E-state index in [4.69, 9.17) is 4.74 Å². The van der Waals surface area contributed by atoms with Gasteiger partial charge in [0.25, 0.3) is 0 Å². The standard InChI is InChI=1S/C23H28N4O2S/c1-6-18-7-9-19(10-8-18)24-21(28)14-30-23-26-25-22(27(23)5)17(4)29-20-12-15(2)11-16(3)13-20/h7-13,17H,6,14H2,1-5H3,(H,24,28). The Morgan fingerprint density at radius 3 is 2.43 bits per heavy atom. The highest BCUT2D eigenvalue weighted by Crippen LogP contribution is 2.25. The third-order valence-corrected chi connectivity index (χ3v) is 5.74. The smallest absolute Gasteiger partial charge is 0.234 e. The Morgan fingerprint density at radius 2 is 1.80 bits per heavy atom. The molecule has 6 nitrogen and oxygen atoms in total. The van der Waals surface area contributed by atoms with Gasteiger partial charge in [0.15, 0.2) is 17.1 Å². The Hall–Kier alpha value is -2.80. The van der Waals surface area contributed by atoms with Gasteiger partial charge in [0, 0.05) is 12.7 Å². The molecule has 0 aliphatic heterocycles. The second-order valence-corrected chi connectivity index (χ2v) is 8.31. The summed E-state index contributed by atoms with van der Waals surface area (Å²) >= 11 is 1.35. The molecular weight excluding hydrogens is 396 g/mol. The van der Waals surface area contributed by atoms with Gasteiger partial charge in [-0.3, -0.25) is 4.79 Å². The topological polar surface area (TPSA) is 69.0 Å². The van der Waals surface area contributed by atoms with Crippen LogP contribution in [-0.4, -0.2) is 26.4 Å². The van der Waals surface area contributed by atoms with Crippen molar-refractivity contribution in [3.05, 3.63) is 65.0 Å². The zero-order chi connectivity index (χ0) is 21.7. The first-order chi connectivity index (χ1) is 14.4. The first kappa shape index (κ1) is 21.9. The van der Waals surface area contributed by atoms with Crippen LogP contribution in [0.25, 0.3) is 0 Å². The largest absolute Gasteiger partial charge is 0.483 e. The molecule has 0 fully saturated rings. The highest BCUT2D eigenvalue weighted by Gasteiger charge is 2.18. The number of hydrogen-bond acceptors (Lipinski definition) is 5. The van der Waals surface area contributed by atoms with Crippen LogP contribution in [0.1, 0.15) is 42.5 Å². The molecule has 0 radical (unpaired) electrons. The Labute approximate surface area is 182 Å². The minimum Gasteiger partial charge on any atom is -0.483 e. The van der Waals surface area contributed by atoms with Gasteiger partial charge in [-0.1, -0.05) is 36.9 Å². The fourth-order valence-corrected chi connectivity index (χ4v) is 3.93. The maximum atomic E-state index is 12.3. The van der Waals surface area contributed by atoms with Crippen molar-refractivity contribution in [2.75, 3.05) is 11.1 Å². The number of amides is 1. The molecule has 30 heavy (non-hydrogen) atoms. The zero-order valence-corrected chi connectivity index (χ0v) is 18.9. The highest BCUT2D eigenvalue weighted by molar-refractivity contribution is 7.99.